The van der Waals surface area contributed by atoms with E-state index in [0.717, 1.165) is 34.6 Å². The van der Waals surface area contributed by atoms with E-state index in [9.17, 15) is 14.7 Å². The van der Waals surface area contributed by atoms with Crippen molar-refractivity contribution in [2.24, 2.45) is 0 Å². The molecule has 170 valence electrons. The quantitative estimate of drug-likeness (QED) is 0.280. The lowest BCUT2D eigenvalue weighted by atomic mass is 9.95. The molecular weight excluding hydrogens is 404 g/mol. The van der Waals surface area contributed by atoms with Crippen molar-refractivity contribution >= 4 is 17.4 Å². The van der Waals surface area contributed by atoms with Crippen molar-refractivity contribution in [3.8, 4) is 5.75 Å². The van der Waals surface area contributed by atoms with Crippen LogP contribution in [-0.2, 0) is 9.59 Å². The van der Waals surface area contributed by atoms with Gasteiger partial charge in [-0.3, -0.25) is 9.59 Å². The van der Waals surface area contributed by atoms with E-state index in [0.29, 0.717) is 25.3 Å². The Morgan fingerprint density at radius 2 is 1.84 bits per heavy atom. The molecule has 1 atom stereocenters. The summed E-state index contributed by atoms with van der Waals surface area (Å²) in [5.74, 6) is -0.998. The van der Waals surface area contributed by atoms with Gasteiger partial charge < -0.3 is 19.6 Å². The summed E-state index contributed by atoms with van der Waals surface area (Å²) in [4.78, 5) is 28.6. The third-order valence-corrected chi connectivity index (χ3v) is 5.69. The van der Waals surface area contributed by atoms with Gasteiger partial charge in [-0.15, -0.1) is 0 Å². The lowest BCUT2D eigenvalue weighted by Gasteiger charge is -2.28. The zero-order valence-electron chi connectivity index (χ0n) is 19.3. The number of rotatable bonds is 9. The number of amides is 1. The molecule has 3 rings (SSSR count). The summed E-state index contributed by atoms with van der Waals surface area (Å²) < 4.78 is 5.79. The average molecular weight is 437 g/mol. The first-order chi connectivity index (χ1) is 15.3. The molecule has 1 amide bonds. The summed E-state index contributed by atoms with van der Waals surface area (Å²) in [7, 11) is 3.98. The minimum atomic E-state index is -0.710. The number of hydrogen-bond donors (Lipinski definition) is 1. The molecule has 0 aromatic heterocycles. The number of carbonyl (C=O) groups excluding carboxylic acids is 2. The fraction of sp³-hybridized carbons (Fsp3) is 0.385. The molecule has 1 aliphatic rings. The molecule has 0 bridgehead atoms. The van der Waals surface area contributed by atoms with Gasteiger partial charge in [0.15, 0.2) is 0 Å². The summed E-state index contributed by atoms with van der Waals surface area (Å²) in [5.41, 5.74) is 2.00. The number of hydrogen-bond acceptors (Lipinski definition) is 4. The topological polar surface area (TPSA) is 74.1 Å². The molecule has 2 aromatic rings. The van der Waals surface area contributed by atoms with Gasteiger partial charge in [-0.2, -0.15) is 0 Å². The van der Waals surface area contributed by atoms with Gasteiger partial charge in [-0.25, -0.2) is 0 Å². The third-order valence-electron chi connectivity index (χ3n) is 5.69. The number of nitrogens with one attached hydrogen (secondary N) is 1. The number of benzene rings is 2. The first kappa shape index (κ1) is 23.5. The zero-order chi connectivity index (χ0) is 23.3. The number of aryl methyl sites for hydroxylation is 1. The van der Waals surface area contributed by atoms with Crippen LogP contribution in [0.5, 0.6) is 5.75 Å². The van der Waals surface area contributed by atoms with Crippen molar-refractivity contribution in [3.05, 3.63) is 70.8 Å². The molecule has 6 heteroatoms. The van der Waals surface area contributed by atoms with Crippen LogP contribution in [0, 0.1) is 6.92 Å². The van der Waals surface area contributed by atoms with Crippen molar-refractivity contribution in [1.82, 2.24) is 4.90 Å². The van der Waals surface area contributed by atoms with Crippen molar-refractivity contribution in [3.63, 3.8) is 0 Å². The molecule has 0 spiro atoms. The Labute approximate surface area is 190 Å². The van der Waals surface area contributed by atoms with E-state index in [1.807, 2.05) is 51.4 Å². The van der Waals surface area contributed by atoms with Gasteiger partial charge in [-0.05, 0) is 42.2 Å². The molecule has 1 unspecified atom stereocenters. The van der Waals surface area contributed by atoms with Crippen molar-refractivity contribution < 1.29 is 24.3 Å². The number of ketones is 1. The van der Waals surface area contributed by atoms with Gasteiger partial charge in [0.2, 0.25) is 5.78 Å². The standard InChI is InChI=1S/C26H32N2O4/c1-5-6-16-32-21-13-12-20(17-18(21)2)24(29)22-23(19-10-8-7-9-11-19)28(15-14-27(3)4)26(31)25(22)30/h7-13,17,23,29H,5-6,14-16H2,1-4H3. The first-order valence-electron chi connectivity index (χ1n) is 11.2. The predicted molar refractivity (Wildman–Crippen MR) is 122 cm³/mol. The van der Waals surface area contributed by atoms with Gasteiger partial charge in [0.1, 0.15) is 5.75 Å². The molecular formula is C26H32N2O4. The van der Waals surface area contributed by atoms with E-state index < -0.39 is 23.5 Å². The van der Waals surface area contributed by atoms with Gasteiger partial charge in [0.25, 0.3) is 5.91 Å². The van der Waals surface area contributed by atoms with Crippen LogP contribution >= 0.6 is 0 Å². The summed E-state index contributed by atoms with van der Waals surface area (Å²) in [5, 5.41) is 13.5. The van der Waals surface area contributed by atoms with Crippen LogP contribution in [0.15, 0.2) is 54.1 Å². The second-order valence-electron chi connectivity index (χ2n) is 8.52. The zero-order valence-corrected chi connectivity index (χ0v) is 19.3. The Morgan fingerprint density at radius 1 is 1.12 bits per heavy atom. The van der Waals surface area contributed by atoms with Crippen LogP contribution in [0.4, 0.5) is 0 Å². The molecule has 1 heterocycles. The number of quaternary nitrogens is 1. The number of ether oxygens (including phenoxy) is 1. The highest BCUT2D eigenvalue weighted by Gasteiger charge is 2.44. The van der Waals surface area contributed by atoms with Gasteiger partial charge >= 0.3 is 0 Å². The second-order valence-corrected chi connectivity index (χ2v) is 8.52. The number of likely N-dealkylation sites (N-methyl/N-ethyl adjacent to an activating group) is 1. The average Bonchev–Trinajstić information content (AvgIpc) is 3.03. The number of unbranched alkanes of at least 4 members (excludes halogenated alkanes) is 1. The molecule has 1 aliphatic heterocycles. The molecule has 0 radical (unpaired) electrons. The molecule has 1 fully saturated rings. The lowest BCUT2D eigenvalue weighted by Crippen LogP contribution is -3.06. The minimum absolute atomic E-state index is 0.0222. The van der Waals surface area contributed by atoms with Gasteiger partial charge in [0.05, 0.1) is 39.8 Å². The van der Waals surface area contributed by atoms with Crippen LogP contribution in [0.25, 0.3) is 5.76 Å². The van der Waals surface area contributed by atoms with Gasteiger partial charge in [0, 0.05) is 5.57 Å². The number of carbonyl (C=O) groups is 2. The second kappa shape index (κ2) is 10.5. The van der Waals surface area contributed by atoms with Crippen LogP contribution in [-0.4, -0.2) is 50.4 Å². The molecule has 2 aromatic carbocycles. The Morgan fingerprint density at radius 3 is 2.47 bits per heavy atom. The molecule has 6 nitrogen and oxygen atoms in total. The maximum atomic E-state index is 13.5. The third kappa shape index (κ3) is 5.02. The van der Waals surface area contributed by atoms with Crippen LogP contribution in [0.2, 0.25) is 0 Å². The number of nitrogens with zero attached hydrogens (tertiary/aromatic N) is 1. The normalized spacial score (nSPS) is 17.9. The summed E-state index contributed by atoms with van der Waals surface area (Å²) in [6, 6.07) is 13.8. The van der Waals surface area contributed by atoms with Crippen molar-refractivity contribution in [2.75, 3.05) is 33.8 Å². The number of likely N-dealkylation sites (tertiary alicyclic amines) is 1. The van der Waals surface area contributed by atoms with Crippen LogP contribution < -0.4 is 14.7 Å². The highest BCUT2D eigenvalue weighted by atomic mass is 16.5. The largest absolute Gasteiger partial charge is 0.872 e. The maximum absolute atomic E-state index is 13.5. The SMILES string of the molecule is CCCCOc1ccc(C([O-])=C2C(=O)C(=O)N(CC[NH+](C)C)C2c2ccccc2)cc1C. The Hall–Kier alpha value is -3.12. The van der Waals surface area contributed by atoms with Crippen molar-refractivity contribution in [1.29, 1.82) is 0 Å². The number of Topliss-reactive ketones (excluding diaryl/α,β-unsaturated/α-hetero) is 1. The van der Waals surface area contributed by atoms with E-state index in [1.165, 1.54) is 4.90 Å². The maximum Gasteiger partial charge on any atom is 0.295 e. The Balaban J connectivity index is 2.03. The van der Waals surface area contributed by atoms with E-state index >= 15 is 0 Å². The van der Waals surface area contributed by atoms with Crippen molar-refractivity contribution in [2.45, 2.75) is 32.7 Å². The van der Waals surface area contributed by atoms with Crippen LogP contribution in [0.3, 0.4) is 0 Å². The first-order valence-corrected chi connectivity index (χ1v) is 11.2. The summed E-state index contributed by atoms with van der Waals surface area (Å²) >= 11 is 0. The Kier molecular flexibility index (Phi) is 7.70. The minimum Gasteiger partial charge on any atom is -0.872 e. The van der Waals surface area contributed by atoms with Gasteiger partial charge in [-0.1, -0.05) is 55.5 Å². The Bertz CT molecular complexity index is 998. The van der Waals surface area contributed by atoms with E-state index in [-0.39, 0.29) is 5.57 Å². The lowest BCUT2D eigenvalue weighted by molar-refractivity contribution is -0.857. The summed E-state index contributed by atoms with van der Waals surface area (Å²) in [6.45, 7) is 5.67. The molecule has 1 saturated heterocycles. The monoisotopic (exact) mass is 436 g/mol. The smallest absolute Gasteiger partial charge is 0.295 e. The molecule has 0 saturated carbocycles. The van der Waals surface area contributed by atoms with Crippen LogP contribution in [0.1, 0.15) is 42.5 Å². The molecule has 32 heavy (non-hydrogen) atoms. The van der Waals surface area contributed by atoms with E-state index in [4.69, 9.17) is 4.74 Å². The fourth-order valence-electron chi connectivity index (χ4n) is 3.86. The highest BCUT2D eigenvalue weighted by molar-refractivity contribution is 6.46. The summed E-state index contributed by atoms with van der Waals surface area (Å²) in [6.07, 6.45) is 1.99. The molecule has 0 aliphatic carbocycles. The van der Waals surface area contributed by atoms with E-state index in [2.05, 4.69) is 6.92 Å². The fourth-order valence-corrected chi connectivity index (χ4v) is 3.86. The predicted octanol–water partition coefficient (Wildman–Crippen LogP) is 1.54. The molecule has 1 N–H and O–H groups in total. The van der Waals surface area contributed by atoms with E-state index in [1.54, 1.807) is 18.2 Å². The highest BCUT2D eigenvalue weighted by Crippen LogP contribution is 2.38.